The molecule has 2 rings (SSSR count). The van der Waals surface area contributed by atoms with Crippen LogP contribution in [0.25, 0.3) is 0 Å². The molecule has 0 saturated carbocycles. The fourth-order valence-corrected chi connectivity index (χ4v) is 2.20. The maximum absolute atomic E-state index is 12.3. The van der Waals surface area contributed by atoms with Gasteiger partial charge in [0.05, 0.1) is 11.9 Å². The average molecular weight is 275 g/mol. The Morgan fingerprint density at radius 2 is 1.95 bits per heavy atom. The van der Waals surface area contributed by atoms with Gasteiger partial charge in [-0.2, -0.15) is 10.2 Å². The summed E-state index contributed by atoms with van der Waals surface area (Å²) in [5, 5.41) is 11.5. The minimum atomic E-state index is -0.362. The van der Waals surface area contributed by atoms with Crippen LogP contribution in [0.15, 0.2) is 18.3 Å². The van der Waals surface area contributed by atoms with Gasteiger partial charge in [0, 0.05) is 17.8 Å². The zero-order valence-corrected chi connectivity index (χ0v) is 12.6. The van der Waals surface area contributed by atoms with Crippen molar-refractivity contribution in [3.05, 3.63) is 29.7 Å². The Bertz CT molecular complexity index is 611. The first kappa shape index (κ1) is 14.3. The largest absolute Gasteiger partial charge is 0.309 e. The second-order valence-corrected chi connectivity index (χ2v) is 5.29. The lowest BCUT2D eigenvalue weighted by molar-refractivity contribution is -0.119. The fourth-order valence-electron chi connectivity index (χ4n) is 2.20. The van der Waals surface area contributed by atoms with E-state index in [4.69, 9.17) is 0 Å². The van der Waals surface area contributed by atoms with Gasteiger partial charge in [0.2, 0.25) is 5.91 Å². The minimum absolute atomic E-state index is 0.0985. The van der Waals surface area contributed by atoms with Crippen LogP contribution < -0.4 is 5.32 Å². The van der Waals surface area contributed by atoms with E-state index in [-0.39, 0.29) is 18.0 Å². The van der Waals surface area contributed by atoms with E-state index < -0.39 is 0 Å². The molecule has 1 atom stereocenters. The summed E-state index contributed by atoms with van der Waals surface area (Å²) in [7, 11) is 0. The maximum Gasteiger partial charge on any atom is 0.250 e. The van der Waals surface area contributed by atoms with Gasteiger partial charge in [-0.15, -0.1) is 0 Å². The summed E-state index contributed by atoms with van der Waals surface area (Å²) >= 11 is 0. The number of anilines is 1. The number of carbonyl (C=O) groups excluding carboxylic acids is 1. The van der Waals surface area contributed by atoms with Crippen molar-refractivity contribution >= 4 is 11.7 Å². The van der Waals surface area contributed by atoms with Gasteiger partial charge in [-0.1, -0.05) is 0 Å². The van der Waals surface area contributed by atoms with Gasteiger partial charge in [-0.25, -0.2) is 4.68 Å². The van der Waals surface area contributed by atoms with E-state index in [0.717, 1.165) is 11.4 Å². The third-order valence-electron chi connectivity index (χ3n) is 3.20. The highest BCUT2D eigenvalue weighted by atomic mass is 16.2. The molecule has 1 amide bonds. The summed E-state index contributed by atoms with van der Waals surface area (Å²) in [6, 6.07) is 3.59. The monoisotopic (exact) mass is 275 g/mol. The van der Waals surface area contributed by atoms with E-state index in [1.165, 1.54) is 0 Å². The molecule has 6 nitrogen and oxygen atoms in total. The number of aromatic nitrogens is 4. The molecule has 20 heavy (non-hydrogen) atoms. The summed E-state index contributed by atoms with van der Waals surface area (Å²) in [6.07, 6.45) is 1.68. The normalized spacial score (nSPS) is 12.7. The van der Waals surface area contributed by atoms with E-state index in [9.17, 15) is 4.79 Å². The van der Waals surface area contributed by atoms with Crippen LogP contribution in [0.5, 0.6) is 0 Å². The molecule has 0 aliphatic rings. The predicted molar refractivity (Wildman–Crippen MR) is 77.7 cm³/mol. The highest BCUT2D eigenvalue weighted by molar-refractivity contribution is 5.92. The molecule has 1 N–H and O–H groups in total. The van der Waals surface area contributed by atoms with Crippen LogP contribution >= 0.6 is 0 Å². The molecule has 6 heteroatoms. The summed E-state index contributed by atoms with van der Waals surface area (Å²) in [5.41, 5.74) is 1.89. The number of nitrogens with zero attached hydrogens (tertiary/aromatic N) is 4. The van der Waals surface area contributed by atoms with Crippen LogP contribution in [0.1, 0.15) is 44.2 Å². The third kappa shape index (κ3) is 2.74. The topological polar surface area (TPSA) is 64.7 Å². The first-order chi connectivity index (χ1) is 9.40. The molecule has 2 aromatic rings. The second-order valence-electron chi connectivity index (χ2n) is 5.29. The van der Waals surface area contributed by atoms with Gasteiger partial charge in [0.25, 0.3) is 0 Å². The van der Waals surface area contributed by atoms with Crippen LogP contribution in [0.3, 0.4) is 0 Å². The van der Waals surface area contributed by atoms with Crippen LogP contribution in [0, 0.1) is 13.8 Å². The Morgan fingerprint density at radius 1 is 1.25 bits per heavy atom. The van der Waals surface area contributed by atoms with Crippen molar-refractivity contribution in [3.63, 3.8) is 0 Å². The predicted octanol–water partition coefficient (Wildman–Crippen LogP) is 2.48. The second kappa shape index (κ2) is 5.48. The molecule has 0 aliphatic carbocycles. The first-order valence-corrected chi connectivity index (χ1v) is 6.77. The number of hydrogen-bond acceptors (Lipinski definition) is 3. The molecular formula is C14H21N5O. The van der Waals surface area contributed by atoms with Crippen molar-refractivity contribution in [2.24, 2.45) is 0 Å². The SMILES string of the molecule is Cc1cc(C)n(C(C)C(=O)Nc2ccnn2C(C)C)n1. The maximum atomic E-state index is 12.3. The number of amides is 1. The minimum Gasteiger partial charge on any atom is -0.309 e. The number of carbonyl (C=O) groups is 1. The Balaban J connectivity index is 2.16. The average Bonchev–Trinajstić information content (AvgIpc) is 2.94. The van der Waals surface area contributed by atoms with Crippen molar-refractivity contribution < 1.29 is 4.79 Å². The van der Waals surface area contributed by atoms with Crippen LogP contribution in [0.4, 0.5) is 5.82 Å². The Morgan fingerprint density at radius 3 is 2.50 bits per heavy atom. The number of aryl methyl sites for hydroxylation is 2. The van der Waals surface area contributed by atoms with E-state index in [1.807, 2.05) is 40.7 Å². The molecule has 1 unspecified atom stereocenters. The lowest BCUT2D eigenvalue weighted by Gasteiger charge is -2.16. The van der Waals surface area contributed by atoms with Gasteiger partial charge in [0.15, 0.2) is 0 Å². The number of rotatable bonds is 4. The Hall–Kier alpha value is -2.11. The van der Waals surface area contributed by atoms with E-state index in [2.05, 4.69) is 15.5 Å². The molecule has 0 aromatic carbocycles. The molecule has 2 heterocycles. The Labute approximate surface area is 118 Å². The first-order valence-electron chi connectivity index (χ1n) is 6.77. The van der Waals surface area contributed by atoms with Gasteiger partial charge in [-0.3, -0.25) is 9.48 Å². The van der Waals surface area contributed by atoms with Crippen LogP contribution in [0.2, 0.25) is 0 Å². The molecule has 0 bridgehead atoms. The molecular weight excluding hydrogens is 254 g/mol. The van der Waals surface area contributed by atoms with Crippen molar-refractivity contribution in [2.45, 2.75) is 46.7 Å². The molecule has 0 aliphatic heterocycles. The smallest absolute Gasteiger partial charge is 0.250 e. The molecule has 0 saturated heterocycles. The van der Waals surface area contributed by atoms with Gasteiger partial charge in [0.1, 0.15) is 11.9 Å². The third-order valence-corrected chi connectivity index (χ3v) is 3.20. The Kier molecular flexibility index (Phi) is 3.92. The highest BCUT2D eigenvalue weighted by Crippen LogP contribution is 2.16. The van der Waals surface area contributed by atoms with Crippen LogP contribution in [-0.4, -0.2) is 25.5 Å². The summed E-state index contributed by atoms with van der Waals surface area (Å²) < 4.78 is 3.52. The summed E-state index contributed by atoms with van der Waals surface area (Å²) in [6.45, 7) is 9.75. The zero-order chi connectivity index (χ0) is 14.9. The van der Waals surface area contributed by atoms with Crippen molar-refractivity contribution in [2.75, 3.05) is 5.32 Å². The summed E-state index contributed by atoms with van der Waals surface area (Å²) in [4.78, 5) is 12.3. The standard InChI is InChI=1S/C14H21N5O/c1-9(2)18-13(6-7-15-18)16-14(20)12(5)19-11(4)8-10(3)17-19/h6-9,12H,1-5H3,(H,16,20). The molecule has 0 spiro atoms. The lowest BCUT2D eigenvalue weighted by Crippen LogP contribution is -2.26. The number of hydrogen-bond donors (Lipinski definition) is 1. The van der Waals surface area contributed by atoms with E-state index >= 15 is 0 Å². The van der Waals surface area contributed by atoms with Crippen molar-refractivity contribution in [3.8, 4) is 0 Å². The van der Waals surface area contributed by atoms with Gasteiger partial charge >= 0.3 is 0 Å². The van der Waals surface area contributed by atoms with Gasteiger partial charge in [-0.05, 0) is 40.7 Å². The van der Waals surface area contributed by atoms with Crippen LogP contribution in [-0.2, 0) is 4.79 Å². The van der Waals surface area contributed by atoms with Crippen molar-refractivity contribution in [1.29, 1.82) is 0 Å². The van der Waals surface area contributed by atoms with E-state index in [1.54, 1.807) is 21.6 Å². The fraction of sp³-hybridized carbons (Fsp3) is 0.500. The molecule has 2 aromatic heterocycles. The lowest BCUT2D eigenvalue weighted by atomic mass is 10.3. The zero-order valence-electron chi connectivity index (χ0n) is 12.6. The number of nitrogens with one attached hydrogen (secondary N) is 1. The molecule has 108 valence electrons. The quantitative estimate of drug-likeness (QED) is 0.932. The van der Waals surface area contributed by atoms with E-state index in [0.29, 0.717) is 5.82 Å². The van der Waals surface area contributed by atoms with Crippen molar-refractivity contribution in [1.82, 2.24) is 19.6 Å². The highest BCUT2D eigenvalue weighted by Gasteiger charge is 2.19. The molecule has 0 fully saturated rings. The molecule has 0 radical (unpaired) electrons. The van der Waals surface area contributed by atoms with Gasteiger partial charge < -0.3 is 5.32 Å². The summed E-state index contributed by atoms with van der Waals surface area (Å²) in [5.74, 6) is 0.608.